The second-order valence-electron chi connectivity index (χ2n) is 4.86. The third-order valence-electron chi connectivity index (χ3n) is 2.53. The Hall–Kier alpha value is -1.94. The average Bonchev–Trinajstić information content (AvgIpc) is 2.47. The lowest BCUT2D eigenvalue weighted by atomic mass is 10.3. The molecule has 0 aromatic carbocycles. The van der Waals surface area contributed by atoms with Gasteiger partial charge in [-0.1, -0.05) is 34.7 Å². The van der Waals surface area contributed by atoms with Crippen LogP contribution in [0.25, 0.3) is 0 Å². The molecule has 10 heteroatoms. The molecule has 8 nitrogen and oxygen atoms in total. The fourth-order valence-electron chi connectivity index (χ4n) is 1.14. The molecule has 134 valence electrons. The van der Waals surface area contributed by atoms with Crippen molar-refractivity contribution in [2.24, 2.45) is 0 Å². The van der Waals surface area contributed by atoms with Crippen molar-refractivity contribution in [1.82, 2.24) is 10.6 Å². The van der Waals surface area contributed by atoms with E-state index in [1.54, 1.807) is 0 Å². The van der Waals surface area contributed by atoms with Crippen LogP contribution in [0.5, 0.6) is 0 Å². The van der Waals surface area contributed by atoms with Crippen LogP contribution >= 0.6 is 21.6 Å². The molecule has 2 unspecified atom stereocenters. The van der Waals surface area contributed by atoms with Gasteiger partial charge in [0.1, 0.15) is 12.1 Å². The zero-order valence-corrected chi connectivity index (χ0v) is 15.0. The molecule has 0 radical (unpaired) electrons. The smallest absolute Gasteiger partial charge is 0.327 e. The molecule has 24 heavy (non-hydrogen) atoms. The Bertz CT molecular complexity index is 501. The third-order valence-corrected chi connectivity index (χ3v) is 4.96. The highest BCUT2D eigenvalue weighted by atomic mass is 33.1. The van der Waals surface area contributed by atoms with Gasteiger partial charge in [0.25, 0.3) is 0 Å². The van der Waals surface area contributed by atoms with Crippen LogP contribution in [0.15, 0.2) is 24.3 Å². The Balaban J connectivity index is 4.43. The Kier molecular flexibility index (Phi) is 9.89. The molecule has 0 aromatic rings. The first-order chi connectivity index (χ1) is 11.1. The first-order valence-corrected chi connectivity index (χ1v) is 9.17. The number of hydrogen-bond acceptors (Lipinski definition) is 6. The van der Waals surface area contributed by atoms with Gasteiger partial charge in [-0.05, 0) is 13.8 Å². The summed E-state index contributed by atoms with van der Waals surface area (Å²) in [5.41, 5.74) is 0.375. The van der Waals surface area contributed by atoms with Crippen molar-refractivity contribution in [3.8, 4) is 0 Å². The molecule has 4 N–H and O–H groups in total. The molecule has 0 saturated carbocycles. The van der Waals surface area contributed by atoms with Crippen molar-refractivity contribution in [3.63, 3.8) is 0 Å². The first-order valence-electron chi connectivity index (χ1n) is 6.69. The lowest BCUT2D eigenvalue weighted by molar-refractivity contribution is -0.141. The molecule has 0 bridgehead atoms. The van der Waals surface area contributed by atoms with Gasteiger partial charge >= 0.3 is 11.9 Å². The fraction of sp³-hybridized carbons (Fsp3) is 0.429. The van der Waals surface area contributed by atoms with E-state index in [2.05, 4.69) is 23.8 Å². The summed E-state index contributed by atoms with van der Waals surface area (Å²) < 4.78 is 0. The van der Waals surface area contributed by atoms with Gasteiger partial charge in [0.15, 0.2) is 0 Å². The van der Waals surface area contributed by atoms with E-state index in [9.17, 15) is 19.2 Å². The Morgan fingerprint density at radius 1 is 0.833 bits per heavy atom. The van der Waals surface area contributed by atoms with E-state index in [1.807, 2.05) is 0 Å². The maximum absolute atomic E-state index is 11.4. The van der Waals surface area contributed by atoms with Crippen LogP contribution in [-0.4, -0.2) is 57.6 Å². The summed E-state index contributed by atoms with van der Waals surface area (Å²) in [4.78, 5) is 45.1. The predicted molar refractivity (Wildman–Crippen MR) is 93.7 cm³/mol. The van der Waals surface area contributed by atoms with E-state index >= 15 is 0 Å². The largest absolute Gasteiger partial charge is 0.480 e. The molecule has 0 aliphatic carbocycles. The molecule has 0 aliphatic rings. The number of carboxylic acids is 2. The van der Waals surface area contributed by atoms with Gasteiger partial charge in [-0.2, -0.15) is 0 Å². The Morgan fingerprint density at radius 3 is 1.33 bits per heavy atom. The summed E-state index contributed by atoms with van der Waals surface area (Å²) in [5.74, 6) is -3.49. The molecular weight excluding hydrogens is 356 g/mol. The summed E-state index contributed by atoms with van der Waals surface area (Å²) in [6.45, 7) is 9.75. The SMILES string of the molecule is C=C(C)C(=O)NC(CSSCC(NC(=O)C(=C)C)C(=O)O)C(=O)O. The molecule has 2 atom stereocenters. The first kappa shape index (κ1) is 22.1. The van der Waals surface area contributed by atoms with Crippen LogP contribution in [-0.2, 0) is 19.2 Å². The summed E-state index contributed by atoms with van der Waals surface area (Å²) in [5, 5.41) is 22.7. The number of carbonyl (C=O) groups excluding carboxylic acids is 2. The van der Waals surface area contributed by atoms with E-state index in [-0.39, 0.29) is 22.7 Å². The van der Waals surface area contributed by atoms with E-state index in [0.717, 1.165) is 21.6 Å². The van der Waals surface area contributed by atoms with Gasteiger partial charge in [0.2, 0.25) is 11.8 Å². The molecule has 0 fully saturated rings. The maximum Gasteiger partial charge on any atom is 0.327 e. The van der Waals surface area contributed by atoms with Crippen LogP contribution in [0.3, 0.4) is 0 Å². The van der Waals surface area contributed by atoms with Crippen molar-refractivity contribution in [1.29, 1.82) is 0 Å². The van der Waals surface area contributed by atoms with Crippen molar-refractivity contribution in [2.75, 3.05) is 11.5 Å². The quantitative estimate of drug-likeness (QED) is 0.235. The fourth-order valence-corrected chi connectivity index (χ4v) is 3.45. The van der Waals surface area contributed by atoms with E-state index in [0.29, 0.717) is 0 Å². The van der Waals surface area contributed by atoms with Crippen LogP contribution < -0.4 is 10.6 Å². The summed E-state index contributed by atoms with van der Waals surface area (Å²) in [6, 6.07) is -2.25. The lowest BCUT2D eigenvalue weighted by Gasteiger charge is -2.16. The molecule has 0 rings (SSSR count). The highest BCUT2D eigenvalue weighted by molar-refractivity contribution is 8.76. The zero-order valence-electron chi connectivity index (χ0n) is 13.3. The molecule has 0 heterocycles. The van der Waals surface area contributed by atoms with Gasteiger partial charge in [0, 0.05) is 22.7 Å². The maximum atomic E-state index is 11.4. The van der Waals surface area contributed by atoms with Gasteiger partial charge in [-0.25, -0.2) is 9.59 Å². The van der Waals surface area contributed by atoms with Crippen molar-refractivity contribution in [3.05, 3.63) is 24.3 Å². The van der Waals surface area contributed by atoms with Crippen molar-refractivity contribution >= 4 is 45.3 Å². The highest BCUT2D eigenvalue weighted by Gasteiger charge is 2.23. The topological polar surface area (TPSA) is 133 Å². The minimum absolute atomic E-state index is 0.0276. The van der Waals surface area contributed by atoms with Crippen LogP contribution in [0.2, 0.25) is 0 Å². The van der Waals surface area contributed by atoms with Crippen molar-refractivity contribution in [2.45, 2.75) is 25.9 Å². The van der Waals surface area contributed by atoms with Crippen LogP contribution in [0, 0.1) is 0 Å². The summed E-state index contributed by atoms with van der Waals surface area (Å²) in [7, 11) is 2.16. The minimum atomic E-state index is -1.21. The number of nitrogens with one attached hydrogen (secondary N) is 2. The van der Waals surface area contributed by atoms with Gasteiger partial charge in [0.05, 0.1) is 0 Å². The third kappa shape index (κ3) is 8.63. The second-order valence-corrected chi connectivity index (χ2v) is 7.41. The lowest BCUT2D eigenvalue weighted by Crippen LogP contribution is -2.43. The highest BCUT2D eigenvalue weighted by Crippen LogP contribution is 2.23. The molecule has 0 spiro atoms. The minimum Gasteiger partial charge on any atom is -0.480 e. The Morgan fingerprint density at radius 2 is 1.12 bits per heavy atom. The number of aliphatic carboxylic acids is 2. The number of hydrogen-bond donors (Lipinski definition) is 4. The number of carbonyl (C=O) groups is 4. The van der Waals surface area contributed by atoms with E-state index in [4.69, 9.17) is 10.2 Å². The number of amides is 2. The molecular formula is C14H20N2O6S2. The normalized spacial score (nSPS) is 12.6. The molecule has 2 amide bonds. The van der Waals surface area contributed by atoms with Gasteiger partial charge < -0.3 is 20.8 Å². The number of rotatable bonds is 11. The van der Waals surface area contributed by atoms with Crippen molar-refractivity contribution < 1.29 is 29.4 Å². The average molecular weight is 376 g/mol. The Labute approximate surface area is 147 Å². The van der Waals surface area contributed by atoms with Gasteiger partial charge in [-0.15, -0.1) is 0 Å². The van der Waals surface area contributed by atoms with Crippen LogP contribution in [0.4, 0.5) is 0 Å². The van der Waals surface area contributed by atoms with Crippen LogP contribution in [0.1, 0.15) is 13.8 Å². The summed E-state index contributed by atoms with van der Waals surface area (Å²) >= 11 is 0. The zero-order chi connectivity index (χ0) is 18.9. The standard InChI is InChI=1S/C14H20N2O6S2/c1-7(2)11(17)15-9(13(19)20)5-23-24-6-10(14(21)22)16-12(18)8(3)4/h9-10H,1,3,5-6H2,2,4H3,(H,15,17)(H,16,18)(H,19,20)(H,21,22). The summed E-state index contributed by atoms with van der Waals surface area (Å²) in [6.07, 6.45) is 0. The molecule has 0 saturated heterocycles. The predicted octanol–water partition coefficient (Wildman–Crippen LogP) is 0.659. The molecule has 0 aromatic heterocycles. The van der Waals surface area contributed by atoms with Gasteiger partial charge in [-0.3, -0.25) is 9.59 Å². The van der Waals surface area contributed by atoms with E-state index < -0.39 is 35.8 Å². The second kappa shape index (κ2) is 10.8. The van der Waals surface area contributed by atoms with E-state index in [1.165, 1.54) is 13.8 Å². The molecule has 0 aliphatic heterocycles. The monoisotopic (exact) mass is 376 g/mol. The number of carboxylic acid groups (broad SMARTS) is 2.